The first-order valence-electron chi connectivity index (χ1n) is 7.66. The summed E-state index contributed by atoms with van der Waals surface area (Å²) >= 11 is 0. The van der Waals surface area contributed by atoms with E-state index in [0.29, 0.717) is 12.5 Å². The molecule has 0 aromatic heterocycles. The van der Waals surface area contributed by atoms with Gasteiger partial charge in [0.25, 0.3) is 0 Å². The number of ether oxygens (including phenoxy) is 1. The summed E-state index contributed by atoms with van der Waals surface area (Å²) in [5.74, 6) is 1.74. The maximum Gasteiger partial charge on any atom is 0.219 e. The van der Waals surface area contributed by atoms with Crippen LogP contribution in [0, 0.1) is 0 Å². The molecule has 1 heterocycles. The maximum atomic E-state index is 11.4. The monoisotopic (exact) mass is 275 g/mol. The first-order chi connectivity index (χ1) is 9.65. The molecule has 2 rings (SSSR count). The molecule has 0 saturated carbocycles. The smallest absolute Gasteiger partial charge is 0.219 e. The number of benzene rings is 1. The fraction of sp³-hybridized carbons (Fsp3) is 0.588. The van der Waals surface area contributed by atoms with Crippen LogP contribution < -0.4 is 4.74 Å². The lowest BCUT2D eigenvalue weighted by atomic mass is 9.88. The van der Waals surface area contributed by atoms with Crippen LogP contribution in [0.1, 0.15) is 50.7 Å². The Morgan fingerprint density at radius 3 is 2.55 bits per heavy atom. The van der Waals surface area contributed by atoms with E-state index >= 15 is 0 Å². The summed E-state index contributed by atoms with van der Waals surface area (Å²) in [6, 6.07) is 6.60. The molecule has 0 aliphatic carbocycles. The molecule has 110 valence electrons. The highest BCUT2D eigenvalue weighted by Crippen LogP contribution is 2.35. The summed E-state index contributed by atoms with van der Waals surface area (Å²) in [4.78, 5) is 13.3. The normalized spacial score (nSPS) is 16.2. The first kappa shape index (κ1) is 14.9. The molecule has 1 aliphatic rings. The summed E-state index contributed by atoms with van der Waals surface area (Å²) in [5, 5.41) is 0. The second kappa shape index (κ2) is 6.78. The molecular weight excluding hydrogens is 250 g/mol. The minimum absolute atomic E-state index is 0.190. The van der Waals surface area contributed by atoms with Crippen LogP contribution in [0.3, 0.4) is 0 Å². The number of nitrogens with zero attached hydrogens (tertiary/aromatic N) is 1. The van der Waals surface area contributed by atoms with Gasteiger partial charge in [0, 0.05) is 20.0 Å². The fourth-order valence-electron chi connectivity index (χ4n) is 2.92. The lowest BCUT2D eigenvalue weighted by Crippen LogP contribution is -2.36. The Kier molecular flexibility index (Phi) is 5.05. The second-order valence-electron chi connectivity index (χ2n) is 5.44. The van der Waals surface area contributed by atoms with Crippen LogP contribution in [0.25, 0.3) is 0 Å². The number of likely N-dealkylation sites (tertiary alicyclic amines) is 1. The van der Waals surface area contributed by atoms with Crippen molar-refractivity contribution in [2.75, 3.05) is 19.7 Å². The van der Waals surface area contributed by atoms with Gasteiger partial charge in [-0.1, -0.05) is 19.1 Å². The zero-order chi connectivity index (χ0) is 14.5. The van der Waals surface area contributed by atoms with Crippen molar-refractivity contribution >= 4 is 5.91 Å². The van der Waals surface area contributed by atoms with E-state index in [9.17, 15) is 4.79 Å². The quantitative estimate of drug-likeness (QED) is 0.843. The zero-order valence-corrected chi connectivity index (χ0v) is 12.8. The maximum absolute atomic E-state index is 11.4. The number of aryl methyl sites for hydroxylation is 1. The molecule has 1 amide bonds. The lowest BCUT2D eigenvalue weighted by molar-refractivity contribution is -0.129. The average Bonchev–Trinajstić information content (AvgIpc) is 2.47. The largest absolute Gasteiger partial charge is 0.494 e. The molecule has 1 aromatic rings. The summed E-state index contributed by atoms with van der Waals surface area (Å²) < 4.78 is 5.83. The molecule has 1 fully saturated rings. The summed E-state index contributed by atoms with van der Waals surface area (Å²) in [6.45, 7) is 8.27. The molecule has 1 aliphatic heterocycles. The van der Waals surface area contributed by atoms with Crippen molar-refractivity contribution in [3.8, 4) is 5.75 Å². The molecule has 3 heteroatoms. The van der Waals surface area contributed by atoms with Crippen LogP contribution in [-0.4, -0.2) is 30.5 Å². The Hall–Kier alpha value is -1.51. The van der Waals surface area contributed by atoms with Gasteiger partial charge in [-0.25, -0.2) is 0 Å². The van der Waals surface area contributed by atoms with Crippen molar-refractivity contribution in [1.29, 1.82) is 0 Å². The Labute approximate surface area is 121 Å². The van der Waals surface area contributed by atoms with Crippen LogP contribution in [0.2, 0.25) is 0 Å². The van der Waals surface area contributed by atoms with Crippen molar-refractivity contribution in [3.05, 3.63) is 29.3 Å². The second-order valence-corrected chi connectivity index (χ2v) is 5.44. The van der Waals surface area contributed by atoms with Crippen molar-refractivity contribution in [1.82, 2.24) is 4.90 Å². The van der Waals surface area contributed by atoms with Crippen molar-refractivity contribution in [3.63, 3.8) is 0 Å². The number of piperidine rings is 1. The first-order valence-corrected chi connectivity index (χ1v) is 7.66. The van der Waals surface area contributed by atoms with Gasteiger partial charge in [0.1, 0.15) is 5.75 Å². The highest BCUT2D eigenvalue weighted by atomic mass is 16.5. The molecular formula is C17H25NO2. The molecule has 0 N–H and O–H groups in total. The van der Waals surface area contributed by atoms with Gasteiger partial charge in [-0.15, -0.1) is 0 Å². The Bertz CT molecular complexity index is 462. The van der Waals surface area contributed by atoms with Gasteiger partial charge in [0.15, 0.2) is 0 Å². The van der Waals surface area contributed by atoms with E-state index in [1.54, 1.807) is 6.92 Å². The predicted molar refractivity (Wildman–Crippen MR) is 81.2 cm³/mol. The van der Waals surface area contributed by atoms with Crippen molar-refractivity contribution in [2.45, 2.75) is 46.0 Å². The highest BCUT2D eigenvalue weighted by Gasteiger charge is 2.24. The fourth-order valence-corrected chi connectivity index (χ4v) is 2.92. The average molecular weight is 275 g/mol. The lowest BCUT2D eigenvalue weighted by Gasteiger charge is -2.32. The number of carbonyl (C=O) groups excluding carboxylic acids is 1. The van der Waals surface area contributed by atoms with Gasteiger partial charge < -0.3 is 9.64 Å². The van der Waals surface area contributed by atoms with E-state index < -0.39 is 0 Å². The zero-order valence-electron chi connectivity index (χ0n) is 12.8. The molecule has 1 aromatic carbocycles. The highest BCUT2D eigenvalue weighted by molar-refractivity contribution is 5.73. The van der Waals surface area contributed by atoms with E-state index in [4.69, 9.17) is 4.74 Å². The standard InChI is InChI=1S/C17H25NO2/c1-4-14-6-7-16(17(12-14)20-5-2)15-8-10-18(11-9-15)13(3)19/h6-7,12,15H,4-5,8-11H2,1-3H3. The third kappa shape index (κ3) is 3.33. The molecule has 0 spiro atoms. The third-order valence-corrected chi connectivity index (χ3v) is 4.17. The molecule has 0 atom stereocenters. The van der Waals surface area contributed by atoms with Gasteiger partial charge >= 0.3 is 0 Å². The van der Waals surface area contributed by atoms with Gasteiger partial charge in [0.05, 0.1) is 6.61 Å². The van der Waals surface area contributed by atoms with Crippen molar-refractivity contribution < 1.29 is 9.53 Å². The van der Waals surface area contributed by atoms with E-state index in [-0.39, 0.29) is 5.91 Å². The predicted octanol–water partition coefficient (Wildman–Crippen LogP) is 3.37. The van der Waals surface area contributed by atoms with Crippen LogP contribution in [0.15, 0.2) is 18.2 Å². The molecule has 20 heavy (non-hydrogen) atoms. The third-order valence-electron chi connectivity index (χ3n) is 4.17. The molecule has 0 unspecified atom stereocenters. The van der Waals surface area contributed by atoms with E-state index in [2.05, 4.69) is 25.1 Å². The number of hydrogen-bond donors (Lipinski definition) is 0. The van der Waals surface area contributed by atoms with Gasteiger partial charge in [-0.3, -0.25) is 4.79 Å². The topological polar surface area (TPSA) is 29.5 Å². The Morgan fingerprint density at radius 1 is 1.30 bits per heavy atom. The van der Waals surface area contributed by atoms with Gasteiger partial charge in [-0.05, 0) is 49.3 Å². The number of carbonyl (C=O) groups is 1. The van der Waals surface area contributed by atoms with Crippen LogP contribution in [-0.2, 0) is 11.2 Å². The number of hydrogen-bond acceptors (Lipinski definition) is 2. The number of amides is 1. The molecule has 3 nitrogen and oxygen atoms in total. The summed E-state index contributed by atoms with van der Waals surface area (Å²) in [5.41, 5.74) is 2.63. The number of rotatable bonds is 4. The van der Waals surface area contributed by atoms with Crippen molar-refractivity contribution in [2.24, 2.45) is 0 Å². The Balaban J connectivity index is 2.14. The van der Waals surface area contributed by atoms with Gasteiger partial charge in [0.2, 0.25) is 5.91 Å². The van der Waals surface area contributed by atoms with Gasteiger partial charge in [-0.2, -0.15) is 0 Å². The summed E-state index contributed by atoms with van der Waals surface area (Å²) in [7, 11) is 0. The van der Waals surface area contributed by atoms with E-state index in [1.165, 1.54) is 11.1 Å². The van der Waals surface area contributed by atoms with E-state index in [0.717, 1.165) is 38.1 Å². The van der Waals surface area contributed by atoms with E-state index in [1.807, 2.05) is 11.8 Å². The summed E-state index contributed by atoms with van der Waals surface area (Å²) in [6.07, 6.45) is 3.10. The van der Waals surface area contributed by atoms with Crippen LogP contribution in [0.4, 0.5) is 0 Å². The molecule has 0 radical (unpaired) electrons. The minimum atomic E-state index is 0.190. The minimum Gasteiger partial charge on any atom is -0.494 e. The van der Waals surface area contributed by atoms with Crippen LogP contribution in [0.5, 0.6) is 5.75 Å². The van der Waals surface area contributed by atoms with Crippen LogP contribution >= 0.6 is 0 Å². The molecule has 1 saturated heterocycles. The molecule has 0 bridgehead atoms. The SMILES string of the molecule is CCOc1cc(CC)ccc1C1CCN(C(C)=O)CC1. The Morgan fingerprint density at radius 2 is 2.00 bits per heavy atom.